The SMILES string of the molecule is CCc1cc(-c2cn(CCN3CCC3)c(C3CCN(c4ncnc(N)c4C(N)=O)CC3)n2)ccn1. The predicted molar refractivity (Wildman–Crippen MR) is 135 cm³/mol. The largest absolute Gasteiger partial charge is 0.383 e. The van der Waals surface area contributed by atoms with Crippen LogP contribution in [0.15, 0.2) is 30.9 Å². The van der Waals surface area contributed by atoms with Gasteiger partial charge in [0.1, 0.15) is 29.4 Å². The number of hydrogen-bond donors (Lipinski definition) is 2. The van der Waals surface area contributed by atoms with Crippen molar-refractivity contribution in [1.82, 2.24) is 29.4 Å². The van der Waals surface area contributed by atoms with Crippen molar-refractivity contribution >= 4 is 17.5 Å². The summed E-state index contributed by atoms with van der Waals surface area (Å²) in [6, 6.07) is 4.18. The first kappa shape index (κ1) is 23.2. The molecule has 0 atom stereocenters. The topological polar surface area (TPSA) is 132 Å². The van der Waals surface area contributed by atoms with Crippen LogP contribution in [0.1, 0.15) is 54.0 Å². The van der Waals surface area contributed by atoms with Crippen molar-refractivity contribution in [2.45, 2.75) is 45.1 Å². The Kier molecular flexibility index (Phi) is 6.63. The van der Waals surface area contributed by atoms with Crippen LogP contribution in [0.5, 0.6) is 0 Å². The van der Waals surface area contributed by atoms with E-state index in [4.69, 9.17) is 16.5 Å². The van der Waals surface area contributed by atoms with Gasteiger partial charge in [-0.2, -0.15) is 0 Å². The fourth-order valence-electron chi connectivity index (χ4n) is 4.97. The number of imidazole rings is 1. The summed E-state index contributed by atoms with van der Waals surface area (Å²) in [5.41, 5.74) is 14.9. The second-order valence-corrected chi connectivity index (χ2v) is 9.35. The number of carbonyl (C=O) groups excluding carboxylic acids is 1. The molecule has 2 saturated heterocycles. The number of anilines is 2. The molecule has 0 spiro atoms. The molecule has 0 unspecified atom stereocenters. The van der Waals surface area contributed by atoms with Gasteiger partial charge < -0.3 is 25.8 Å². The van der Waals surface area contributed by atoms with Gasteiger partial charge in [-0.3, -0.25) is 9.78 Å². The number of likely N-dealkylation sites (tertiary alicyclic amines) is 1. The number of amides is 1. The molecule has 5 heterocycles. The maximum Gasteiger partial charge on any atom is 0.256 e. The zero-order valence-corrected chi connectivity index (χ0v) is 20.2. The first-order valence-corrected chi connectivity index (χ1v) is 12.4. The highest BCUT2D eigenvalue weighted by atomic mass is 16.1. The third-order valence-corrected chi connectivity index (χ3v) is 7.15. The molecule has 0 aromatic carbocycles. The van der Waals surface area contributed by atoms with E-state index < -0.39 is 5.91 Å². The number of hydrogen-bond acceptors (Lipinski definition) is 8. The van der Waals surface area contributed by atoms with Crippen molar-refractivity contribution in [1.29, 1.82) is 0 Å². The minimum Gasteiger partial charge on any atom is -0.383 e. The van der Waals surface area contributed by atoms with Gasteiger partial charge in [0, 0.05) is 55.7 Å². The molecular formula is C25H33N9O. The predicted octanol–water partition coefficient (Wildman–Crippen LogP) is 2.07. The summed E-state index contributed by atoms with van der Waals surface area (Å²) in [4.78, 5) is 34.4. The van der Waals surface area contributed by atoms with Crippen LogP contribution in [0.4, 0.5) is 11.6 Å². The van der Waals surface area contributed by atoms with Gasteiger partial charge in [0.15, 0.2) is 0 Å². The van der Waals surface area contributed by atoms with Gasteiger partial charge in [0.2, 0.25) is 0 Å². The zero-order valence-electron chi connectivity index (χ0n) is 20.2. The molecule has 10 heteroatoms. The number of pyridine rings is 1. The number of nitrogen functional groups attached to an aromatic ring is 1. The second-order valence-electron chi connectivity index (χ2n) is 9.35. The highest BCUT2D eigenvalue weighted by Gasteiger charge is 2.29. The lowest BCUT2D eigenvalue weighted by molar-refractivity contribution is 0.100. The molecule has 2 aliphatic rings. The van der Waals surface area contributed by atoms with Crippen molar-refractivity contribution in [2.24, 2.45) is 5.73 Å². The molecular weight excluding hydrogens is 442 g/mol. The van der Waals surface area contributed by atoms with E-state index in [2.05, 4.69) is 48.5 Å². The van der Waals surface area contributed by atoms with Gasteiger partial charge >= 0.3 is 0 Å². The Hall–Kier alpha value is -3.53. The van der Waals surface area contributed by atoms with Gasteiger partial charge in [-0.05, 0) is 50.9 Å². The van der Waals surface area contributed by atoms with E-state index >= 15 is 0 Å². The fraction of sp³-hybridized carbons (Fsp3) is 0.480. The van der Waals surface area contributed by atoms with Gasteiger partial charge in [-0.1, -0.05) is 6.92 Å². The molecule has 2 aliphatic heterocycles. The van der Waals surface area contributed by atoms with E-state index in [1.165, 1.54) is 25.8 Å². The second kappa shape index (κ2) is 9.99. The maximum absolute atomic E-state index is 12.0. The summed E-state index contributed by atoms with van der Waals surface area (Å²) in [6.45, 7) is 7.94. The van der Waals surface area contributed by atoms with E-state index in [-0.39, 0.29) is 11.4 Å². The molecule has 5 rings (SSSR count). The van der Waals surface area contributed by atoms with Crippen LogP contribution in [0.3, 0.4) is 0 Å². The summed E-state index contributed by atoms with van der Waals surface area (Å²) >= 11 is 0. The first-order valence-electron chi connectivity index (χ1n) is 12.4. The van der Waals surface area contributed by atoms with Crippen LogP contribution in [-0.4, -0.2) is 68.0 Å². The summed E-state index contributed by atoms with van der Waals surface area (Å²) < 4.78 is 2.34. The normalized spacial score (nSPS) is 16.9. The molecule has 1 amide bonds. The lowest BCUT2D eigenvalue weighted by atomic mass is 9.95. The third-order valence-electron chi connectivity index (χ3n) is 7.15. The summed E-state index contributed by atoms with van der Waals surface area (Å²) in [5, 5.41) is 0. The summed E-state index contributed by atoms with van der Waals surface area (Å²) in [6.07, 6.45) is 9.45. The van der Waals surface area contributed by atoms with Crippen molar-refractivity contribution in [3.8, 4) is 11.3 Å². The fourth-order valence-corrected chi connectivity index (χ4v) is 4.97. The molecule has 184 valence electrons. The highest BCUT2D eigenvalue weighted by Crippen LogP contribution is 2.33. The first-order chi connectivity index (χ1) is 17.0. The van der Waals surface area contributed by atoms with E-state index in [1.54, 1.807) is 0 Å². The number of carbonyl (C=O) groups is 1. The monoisotopic (exact) mass is 475 g/mol. The molecule has 35 heavy (non-hydrogen) atoms. The van der Waals surface area contributed by atoms with Crippen LogP contribution in [0, 0.1) is 0 Å². The highest BCUT2D eigenvalue weighted by molar-refractivity contribution is 6.01. The average Bonchev–Trinajstić information content (AvgIpc) is 3.27. The zero-order chi connectivity index (χ0) is 24.4. The number of aryl methyl sites for hydroxylation is 1. The van der Waals surface area contributed by atoms with E-state index in [0.29, 0.717) is 11.7 Å². The number of primary amides is 1. The summed E-state index contributed by atoms with van der Waals surface area (Å²) in [5.74, 6) is 1.50. The van der Waals surface area contributed by atoms with Crippen molar-refractivity contribution in [3.63, 3.8) is 0 Å². The van der Waals surface area contributed by atoms with E-state index in [0.717, 1.165) is 68.2 Å². The molecule has 0 aliphatic carbocycles. The third kappa shape index (κ3) is 4.84. The minimum absolute atomic E-state index is 0.125. The maximum atomic E-state index is 12.0. The molecule has 2 fully saturated rings. The number of nitrogens with two attached hydrogens (primary N) is 2. The quantitative estimate of drug-likeness (QED) is 0.506. The van der Waals surface area contributed by atoms with Crippen molar-refractivity contribution < 1.29 is 4.79 Å². The number of nitrogens with zero attached hydrogens (tertiary/aromatic N) is 7. The number of aromatic nitrogens is 5. The molecule has 10 nitrogen and oxygen atoms in total. The Labute approximate surface area is 205 Å². The Morgan fingerprint density at radius 3 is 2.60 bits per heavy atom. The Bertz CT molecular complexity index is 1200. The Morgan fingerprint density at radius 1 is 1.11 bits per heavy atom. The van der Waals surface area contributed by atoms with Gasteiger partial charge in [-0.25, -0.2) is 15.0 Å². The average molecular weight is 476 g/mol. The van der Waals surface area contributed by atoms with Crippen molar-refractivity contribution in [3.05, 3.63) is 47.9 Å². The molecule has 0 saturated carbocycles. The molecule has 0 radical (unpaired) electrons. The Morgan fingerprint density at radius 2 is 1.91 bits per heavy atom. The van der Waals surface area contributed by atoms with Crippen LogP contribution in [0.25, 0.3) is 11.3 Å². The minimum atomic E-state index is -0.602. The molecule has 0 bridgehead atoms. The lowest BCUT2D eigenvalue weighted by Crippen LogP contribution is -2.39. The summed E-state index contributed by atoms with van der Waals surface area (Å²) in [7, 11) is 0. The van der Waals surface area contributed by atoms with Crippen LogP contribution in [-0.2, 0) is 13.0 Å². The van der Waals surface area contributed by atoms with Gasteiger partial charge in [-0.15, -0.1) is 0 Å². The number of rotatable bonds is 8. The van der Waals surface area contributed by atoms with Gasteiger partial charge in [0.05, 0.1) is 5.69 Å². The van der Waals surface area contributed by atoms with Crippen LogP contribution < -0.4 is 16.4 Å². The van der Waals surface area contributed by atoms with Crippen LogP contribution >= 0.6 is 0 Å². The van der Waals surface area contributed by atoms with Gasteiger partial charge in [0.25, 0.3) is 5.91 Å². The van der Waals surface area contributed by atoms with Crippen LogP contribution in [0.2, 0.25) is 0 Å². The van der Waals surface area contributed by atoms with E-state index in [9.17, 15) is 4.79 Å². The Balaban J connectivity index is 1.37. The number of piperidine rings is 1. The smallest absolute Gasteiger partial charge is 0.256 e. The molecule has 3 aromatic rings. The van der Waals surface area contributed by atoms with E-state index in [1.807, 2.05) is 12.3 Å². The van der Waals surface area contributed by atoms with Crippen molar-refractivity contribution in [2.75, 3.05) is 43.4 Å². The molecule has 4 N–H and O–H groups in total. The standard InChI is InChI=1S/C25H33N9O/c1-2-19-14-18(4-7-28-19)20-15-34(13-12-32-8-3-9-32)24(31-20)17-5-10-33(11-6-17)25-21(23(27)35)22(26)29-16-30-25/h4,7,14-17H,2-3,5-6,8-13H2,1H3,(H2,27,35)(H2,26,29,30). The molecule has 3 aromatic heterocycles. The lowest BCUT2D eigenvalue weighted by Gasteiger charge is -2.34.